The van der Waals surface area contributed by atoms with Crippen molar-refractivity contribution in [2.24, 2.45) is 4.99 Å². The van der Waals surface area contributed by atoms with Gasteiger partial charge in [0.15, 0.2) is 16.3 Å². The summed E-state index contributed by atoms with van der Waals surface area (Å²) in [4.78, 5) is 44.3. The Balaban J connectivity index is 1.65. The molecule has 0 radical (unpaired) electrons. The van der Waals surface area contributed by atoms with Gasteiger partial charge in [-0.15, -0.1) is 0 Å². The third-order valence-electron chi connectivity index (χ3n) is 6.74. The smallest absolute Gasteiger partial charge is 0.338 e. The summed E-state index contributed by atoms with van der Waals surface area (Å²) in [5.74, 6) is 0.755. The lowest BCUT2D eigenvalue weighted by Gasteiger charge is -2.25. The molecule has 0 spiro atoms. The van der Waals surface area contributed by atoms with Crippen molar-refractivity contribution in [3.8, 4) is 22.8 Å². The van der Waals surface area contributed by atoms with Crippen LogP contribution in [-0.4, -0.2) is 44.4 Å². The van der Waals surface area contributed by atoms with Crippen LogP contribution in [0.4, 0.5) is 0 Å². The first kappa shape index (κ1) is 28.6. The highest BCUT2D eigenvalue weighted by atomic mass is 32.1. The van der Waals surface area contributed by atoms with Crippen molar-refractivity contribution < 1.29 is 33.0 Å². The zero-order valence-electron chi connectivity index (χ0n) is 23.6. The van der Waals surface area contributed by atoms with E-state index in [2.05, 4.69) is 4.99 Å². The van der Waals surface area contributed by atoms with Crippen LogP contribution in [0.5, 0.6) is 11.5 Å². The summed E-state index contributed by atoms with van der Waals surface area (Å²) in [6.07, 6.45) is 1.61. The topological polar surface area (TPSA) is 119 Å². The van der Waals surface area contributed by atoms with Gasteiger partial charge in [-0.05, 0) is 49.7 Å². The van der Waals surface area contributed by atoms with Crippen LogP contribution >= 0.6 is 11.3 Å². The molecule has 0 saturated carbocycles. The molecule has 1 atom stereocenters. The molecule has 0 N–H and O–H groups in total. The Morgan fingerprint density at radius 3 is 2.50 bits per heavy atom. The highest BCUT2D eigenvalue weighted by Crippen LogP contribution is 2.36. The van der Waals surface area contributed by atoms with Crippen molar-refractivity contribution in [2.75, 3.05) is 27.9 Å². The molecule has 10 nitrogen and oxygen atoms in total. The van der Waals surface area contributed by atoms with Gasteiger partial charge in [0.05, 0.1) is 55.3 Å². The molecule has 5 rings (SSSR count). The summed E-state index contributed by atoms with van der Waals surface area (Å²) < 4.78 is 29.0. The minimum atomic E-state index is -0.818. The standard InChI is InChI=1S/C31H28N2O8S/c1-6-40-30(36)26-17(2)32-31-33(27(26)18-11-13-23(37-3)24(15-18)38-4)28(34)25(42-31)16-19-12-14-22(41-19)20-9-7-8-10-21(20)29(35)39-5/h7-16,27H,6H2,1-5H3/b25-16-/t27-/m1/s1. The molecule has 11 heteroatoms. The number of carbonyl (C=O) groups is 2. The Bertz CT molecular complexity index is 1900. The molecule has 0 amide bonds. The normalized spacial score (nSPS) is 14.7. The van der Waals surface area contributed by atoms with Gasteiger partial charge in [0, 0.05) is 11.6 Å². The first-order chi connectivity index (χ1) is 20.3. The zero-order chi connectivity index (χ0) is 30.0. The Labute approximate surface area is 244 Å². The number of ether oxygens (including phenoxy) is 4. The number of aromatic nitrogens is 1. The molecule has 0 saturated heterocycles. The van der Waals surface area contributed by atoms with Crippen LogP contribution in [0, 0.1) is 0 Å². The number of hydrogen-bond donors (Lipinski definition) is 0. The van der Waals surface area contributed by atoms with Crippen molar-refractivity contribution in [3.63, 3.8) is 0 Å². The monoisotopic (exact) mass is 588 g/mol. The maximum absolute atomic E-state index is 13.9. The minimum Gasteiger partial charge on any atom is -0.493 e. The average molecular weight is 589 g/mol. The quantitative estimate of drug-likeness (QED) is 0.285. The first-order valence-electron chi connectivity index (χ1n) is 13.0. The van der Waals surface area contributed by atoms with E-state index in [9.17, 15) is 14.4 Å². The second kappa shape index (κ2) is 11.9. The zero-order valence-corrected chi connectivity index (χ0v) is 24.4. The molecular formula is C31H28N2O8S. The van der Waals surface area contributed by atoms with Gasteiger partial charge in [-0.3, -0.25) is 9.36 Å². The van der Waals surface area contributed by atoms with Crippen LogP contribution in [-0.2, 0) is 14.3 Å². The largest absolute Gasteiger partial charge is 0.493 e. The maximum Gasteiger partial charge on any atom is 0.338 e. The van der Waals surface area contributed by atoms with Crippen molar-refractivity contribution >= 4 is 29.4 Å². The molecule has 3 heterocycles. The van der Waals surface area contributed by atoms with E-state index in [4.69, 9.17) is 23.4 Å². The Morgan fingerprint density at radius 1 is 1.02 bits per heavy atom. The molecule has 0 fully saturated rings. The van der Waals surface area contributed by atoms with Crippen LogP contribution in [0.25, 0.3) is 17.4 Å². The lowest BCUT2D eigenvalue weighted by Crippen LogP contribution is -2.39. The molecule has 1 aliphatic heterocycles. The number of fused-ring (bicyclic) bond motifs is 1. The predicted octanol–water partition coefficient (Wildman–Crippen LogP) is 3.86. The highest BCUT2D eigenvalue weighted by molar-refractivity contribution is 7.07. The Morgan fingerprint density at radius 2 is 1.79 bits per heavy atom. The van der Waals surface area contributed by atoms with Crippen molar-refractivity contribution in [3.05, 3.63) is 102 Å². The van der Waals surface area contributed by atoms with Gasteiger partial charge in [-0.2, -0.15) is 0 Å². The number of rotatable bonds is 8. The third-order valence-corrected chi connectivity index (χ3v) is 7.72. The number of methoxy groups -OCH3 is 3. The average Bonchev–Trinajstić information content (AvgIpc) is 3.59. The molecule has 1 aliphatic rings. The molecule has 2 aromatic heterocycles. The minimum absolute atomic E-state index is 0.165. The molecule has 2 aromatic carbocycles. The van der Waals surface area contributed by atoms with Crippen molar-refractivity contribution in [2.45, 2.75) is 19.9 Å². The van der Waals surface area contributed by atoms with E-state index in [-0.39, 0.29) is 17.7 Å². The van der Waals surface area contributed by atoms with Gasteiger partial charge in [-0.25, -0.2) is 14.6 Å². The van der Waals surface area contributed by atoms with Crippen LogP contribution in [0.3, 0.4) is 0 Å². The molecule has 42 heavy (non-hydrogen) atoms. The molecule has 216 valence electrons. The summed E-state index contributed by atoms with van der Waals surface area (Å²) in [7, 11) is 4.36. The van der Waals surface area contributed by atoms with Gasteiger partial charge < -0.3 is 23.4 Å². The van der Waals surface area contributed by atoms with E-state index in [1.807, 2.05) is 0 Å². The number of esters is 2. The van der Waals surface area contributed by atoms with E-state index in [0.717, 1.165) is 0 Å². The number of hydrogen-bond acceptors (Lipinski definition) is 10. The molecular weight excluding hydrogens is 560 g/mol. The lowest BCUT2D eigenvalue weighted by molar-refractivity contribution is -0.139. The summed E-state index contributed by atoms with van der Waals surface area (Å²) in [6.45, 7) is 3.60. The molecule has 4 aromatic rings. The number of thiazole rings is 1. The van der Waals surface area contributed by atoms with Crippen LogP contribution in [0.2, 0.25) is 0 Å². The molecule has 0 unspecified atom stereocenters. The first-order valence-corrected chi connectivity index (χ1v) is 13.8. The predicted molar refractivity (Wildman–Crippen MR) is 155 cm³/mol. The van der Waals surface area contributed by atoms with Gasteiger partial charge in [0.1, 0.15) is 11.5 Å². The number of carbonyl (C=O) groups excluding carboxylic acids is 2. The van der Waals surface area contributed by atoms with Gasteiger partial charge in [0.25, 0.3) is 5.56 Å². The van der Waals surface area contributed by atoms with E-state index in [1.165, 1.54) is 37.2 Å². The second-order valence-corrected chi connectivity index (χ2v) is 10.2. The molecule has 0 aliphatic carbocycles. The summed E-state index contributed by atoms with van der Waals surface area (Å²) in [6, 6.07) is 14.8. The Hall–Kier alpha value is -4.90. The van der Waals surface area contributed by atoms with Gasteiger partial charge in [-0.1, -0.05) is 35.6 Å². The fraction of sp³-hybridized carbons (Fsp3) is 0.226. The summed E-state index contributed by atoms with van der Waals surface area (Å²) >= 11 is 1.17. The number of benzene rings is 2. The molecule has 0 bridgehead atoms. The fourth-order valence-corrected chi connectivity index (χ4v) is 5.85. The fourth-order valence-electron chi connectivity index (χ4n) is 4.82. The van der Waals surface area contributed by atoms with E-state index >= 15 is 0 Å². The third kappa shape index (κ3) is 5.14. The number of nitrogens with zero attached hydrogens (tertiary/aromatic N) is 2. The SMILES string of the molecule is CCOC(=O)C1=C(C)N=c2s/c(=C\c3ccc(-c4ccccc4C(=O)OC)o3)c(=O)n2[C@@H]1c1ccc(OC)c(OC)c1. The number of allylic oxidation sites excluding steroid dienone is 1. The van der Waals surface area contributed by atoms with Crippen LogP contribution in [0.15, 0.2) is 80.1 Å². The van der Waals surface area contributed by atoms with Crippen LogP contribution < -0.4 is 24.4 Å². The Kier molecular flexibility index (Phi) is 8.12. The van der Waals surface area contributed by atoms with Gasteiger partial charge in [0.2, 0.25) is 0 Å². The number of furan rings is 1. The van der Waals surface area contributed by atoms with Crippen molar-refractivity contribution in [1.29, 1.82) is 0 Å². The van der Waals surface area contributed by atoms with E-state index < -0.39 is 18.0 Å². The summed E-state index contributed by atoms with van der Waals surface area (Å²) in [5, 5.41) is 0. The summed E-state index contributed by atoms with van der Waals surface area (Å²) in [5.41, 5.74) is 1.88. The lowest BCUT2D eigenvalue weighted by atomic mass is 9.95. The second-order valence-electron chi connectivity index (χ2n) is 9.16. The van der Waals surface area contributed by atoms with Gasteiger partial charge >= 0.3 is 11.9 Å². The maximum atomic E-state index is 13.9. The van der Waals surface area contributed by atoms with E-state index in [0.29, 0.717) is 54.7 Å². The van der Waals surface area contributed by atoms with Crippen LogP contribution in [0.1, 0.15) is 41.6 Å². The van der Waals surface area contributed by atoms with Crippen molar-refractivity contribution in [1.82, 2.24) is 4.57 Å². The highest BCUT2D eigenvalue weighted by Gasteiger charge is 2.34. The van der Waals surface area contributed by atoms with E-state index in [1.54, 1.807) is 74.5 Å².